The molecule has 1 unspecified atom stereocenters. The fraction of sp³-hybridized carbons (Fsp3) is 0.583. The van der Waals surface area contributed by atoms with Crippen molar-refractivity contribution in [3.05, 3.63) is 18.5 Å². The summed E-state index contributed by atoms with van der Waals surface area (Å²) in [7, 11) is -3.54. The zero-order valence-electron chi connectivity index (χ0n) is 11.3. The van der Waals surface area contributed by atoms with Crippen molar-refractivity contribution in [2.45, 2.75) is 24.8 Å². The summed E-state index contributed by atoms with van der Waals surface area (Å²) in [5, 5.41) is 0. The summed E-state index contributed by atoms with van der Waals surface area (Å²) < 4.78 is 26.6. The quantitative estimate of drug-likeness (QED) is 0.868. The number of nitrogens with zero attached hydrogens (tertiary/aromatic N) is 3. The molecule has 6 nitrogen and oxygen atoms in total. The first kappa shape index (κ1) is 14.2. The van der Waals surface area contributed by atoms with Gasteiger partial charge in [-0.2, -0.15) is 4.31 Å². The molecule has 2 heterocycles. The third kappa shape index (κ3) is 2.72. The molecule has 1 aliphatic heterocycles. The minimum absolute atomic E-state index is 0.104. The van der Waals surface area contributed by atoms with Crippen LogP contribution in [0.2, 0.25) is 0 Å². The Morgan fingerprint density at radius 3 is 2.79 bits per heavy atom. The van der Waals surface area contributed by atoms with E-state index in [1.807, 2.05) is 6.92 Å². The second-order valence-corrected chi connectivity index (χ2v) is 6.66. The Bertz CT molecular complexity index is 546. The van der Waals surface area contributed by atoms with Gasteiger partial charge in [-0.05, 0) is 19.5 Å². The largest absolute Gasteiger partial charge is 0.398 e. The first-order valence-electron chi connectivity index (χ1n) is 6.40. The van der Waals surface area contributed by atoms with Crippen LogP contribution >= 0.6 is 0 Å². The number of hydrogen-bond donors (Lipinski definition) is 1. The molecule has 2 rings (SSSR count). The summed E-state index contributed by atoms with van der Waals surface area (Å²) in [5.41, 5.74) is 6.00. The van der Waals surface area contributed by atoms with Crippen LogP contribution in [0.25, 0.3) is 0 Å². The number of likely N-dealkylation sites (N-methyl/N-ethyl adjacent to an activating group) is 1. The van der Waals surface area contributed by atoms with E-state index >= 15 is 0 Å². The van der Waals surface area contributed by atoms with Crippen LogP contribution in [0, 0.1) is 0 Å². The zero-order chi connectivity index (χ0) is 14.0. The number of nitrogens with two attached hydrogens (primary N) is 1. The van der Waals surface area contributed by atoms with Crippen LogP contribution in [0.5, 0.6) is 0 Å². The van der Waals surface area contributed by atoms with Gasteiger partial charge in [0, 0.05) is 38.1 Å². The number of piperazine rings is 1. The normalized spacial score (nSPS) is 22.5. The standard InChI is InChI=1S/C12H20N4O2S/c1-3-15-6-7-16(9-10(15)2)19(17,18)12-8-14-5-4-11(12)13/h4-5,8,10H,3,6-7,9H2,1-2H3,(H2,13,14). The molecule has 0 saturated carbocycles. The van der Waals surface area contributed by atoms with Gasteiger partial charge in [0.25, 0.3) is 0 Å². The van der Waals surface area contributed by atoms with Gasteiger partial charge in [-0.1, -0.05) is 6.92 Å². The van der Waals surface area contributed by atoms with E-state index in [4.69, 9.17) is 5.73 Å². The van der Waals surface area contributed by atoms with Gasteiger partial charge in [0.05, 0.1) is 5.69 Å². The molecule has 0 amide bonds. The van der Waals surface area contributed by atoms with Crippen molar-refractivity contribution in [2.75, 3.05) is 31.9 Å². The smallest absolute Gasteiger partial charge is 0.246 e. The minimum atomic E-state index is -3.54. The van der Waals surface area contributed by atoms with E-state index in [9.17, 15) is 8.42 Å². The first-order valence-corrected chi connectivity index (χ1v) is 7.84. The minimum Gasteiger partial charge on any atom is -0.398 e. The highest BCUT2D eigenvalue weighted by Gasteiger charge is 2.32. The highest BCUT2D eigenvalue weighted by Crippen LogP contribution is 2.23. The van der Waals surface area contributed by atoms with E-state index < -0.39 is 10.0 Å². The van der Waals surface area contributed by atoms with E-state index in [1.165, 1.54) is 22.8 Å². The van der Waals surface area contributed by atoms with Gasteiger partial charge < -0.3 is 5.73 Å². The number of anilines is 1. The number of pyridine rings is 1. The van der Waals surface area contributed by atoms with Crippen molar-refractivity contribution < 1.29 is 8.42 Å². The summed E-state index contributed by atoms with van der Waals surface area (Å²) in [6.07, 6.45) is 2.81. The third-order valence-electron chi connectivity index (χ3n) is 3.57. The molecule has 1 aliphatic rings. The monoisotopic (exact) mass is 284 g/mol. The predicted molar refractivity (Wildman–Crippen MR) is 74.1 cm³/mol. The lowest BCUT2D eigenvalue weighted by atomic mass is 10.2. The fourth-order valence-electron chi connectivity index (χ4n) is 2.40. The van der Waals surface area contributed by atoms with E-state index in [0.717, 1.165) is 13.1 Å². The lowest BCUT2D eigenvalue weighted by Crippen LogP contribution is -2.53. The molecule has 0 aliphatic carbocycles. The predicted octanol–water partition coefficient (Wildman–Crippen LogP) is 0.378. The summed E-state index contributed by atoms with van der Waals surface area (Å²) in [6.45, 7) is 6.79. The van der Waals surface area contributed by atoms with Gasteiger partial charge in [-0.25, -0.2) is 8.42 Å². The molecular formula is C12H20N4O2S. The van der Waals surface area contributed by atoms with Gasteiger partial charge >= 0.3 is 0 Å². The number of rotatable bonds is 3. The van der Waals surface area contributed by atoms with Crippen molar-refractivity contribution in [2.24, 2.45) is 0 Å². The van der Waals surface area contributed by atoms with Crippen molar-refractivity contribution >= 4 is 15.7 Å². The number of aromatic nitrogens is 1. The lowest BCUT2D eigenvalue weighted by Gasteiger charge is -2.38. The molecule has 7 heteroatoms. The molecule has 0 spiro atoms. The molecule has 1 aromatic heterocycles. The maximum absolute atomic E-state index is 12.5. The van der Waals surface area contributed by atoms with E-state index in [0.29, 0.717) is 13.1 Å². The fourth-order valence-corrected chi connectivity index (χ4v) is 3.97. The van der Waals surface area contributed by atoms with Crippen LogP contribution in [0.15, 0.2) is 23.4 Å². The summed E-state index contributed by atoms with van der Waals surface area (Å²) in [6, 6.07) is 1.73. The highest BCUT2D eigenvalue weighted by molar-refractivity contribution is 7.89. The van der Waals surface area contributed by atoms with Crippen LogP contribution in [-0.2, 0) is 10.0 Å². The van der Waals surface area contributed by atoms with Crippen LogP contribution in [-0.4, -0.2) is 54.8 Å². The second-order valence-electron chi connectivity index (χ2n) is 4.75. The number of nitrogen functional groups attached to an aromatic ring is 1. The third-order valence-corrected chi connectivity index (χ3v) is 5.48. The van der Waals surface area contributed by atoms with Gasteiger partial charge in [0.1, 0.15) is 4.90 Å². The van der Waals surface area contributed by atoms with Gasteiger partial charge in [-0.3, -0.25) is 9.88 Å². The molecular weight excluding hydrogens is 264 g/mol. The van der Waals surface area contributed by atoms with Crippen LogP contribution < -0.4 is 5.73 Å². The molecule has 1 fully saturated rings. The Morgan fingerprint density at radius 1 is 1.47 bits per heavy atom. The number of sulfonamides is 1. The molecule has 19 heavy (non-hydrogen) atoms. The Kier molecular flexibility index (Phi) is 4.07. The van der Waals surface area contributed by atoms with Gasteiger partial charge in [-0.15, -0.1) is 0 Å². The Labute approximate surface area is 114 Å². The number of hydrogen-bond acceptors (Lipinski definition) is 5. The zero-order valence-corrected chi connectivity index (χ0v) is 12.1. The van der Waals surface area contributed by atoms with Gasteiger partial charge in [0.15, 0.2) is 0 Å². The van der Waals surface area contributed by atoms with E-state index in [-0.39, 0.29) is 16.6 Å². The summed E-state index contributed by atoms with van der Waals surface area (Å²) in [4.78, 5) is 6.23. The molecule has 0 bridgehead atoms. The first-order chi connectivity index (χ1) is 8.96. The molecule has 2 N–H and O–H groups in total. The molecule has 1 aromatic rings. The molecule has 0 aromatic carbocycles. The average Bonchev–Trinajstić information content (AvgIpc) is 2.39. The second kappa shape index (κ2) is 5.44. The lowest BCUT2D eigenvalue weighted by molar-refractivity contribution is 0.135. The maximum Gasteiger partial charge on any atom is 0.246 e. The highest BCUT2D eigenvalue weighted by atomic mass is 32.2. The van der Waals surface area contributed by atoms with Crippen molar-refractivity contribution in [1.82, 2.24) is 14.2 Å². The van der Waals surface area contributed by atoms with E-state index in [1.54, 1.807) is 0 Å². The Hall–Kier alpha value is -1.18. The molecule has 106 valence electrons. The van der Waals surface area contributed by atoms with E-state index in [2.05, 4.69) is 16.8 Å². The maximum atomic E-state index is 12.5. The van der Waals surface area contributed by atoms with Crippen LogP contribution in [0.1, 0.15) is 13.8 Å². The SMILES string of the molecule is CCN1CCN(S(=O)(=O)c2cnccc2N)CC1C. The van der Waals surface area contributed by atoms with Crippen LogP contribution in [0.3, 0.4) is 0 Å². The van der Waals surface area contributed by atoms with Crippen molar-refractivity contribution in [1.29, 1.82) is 0 Å². The van der Waals surface area contributed by atoms with Crippen molar-refractivity contribution in [3.63, 3.8) is 0 Å². The molecule has 0 radical (unpaired) electrons. The Balaban J connectivity index is 2.25. The van der Waals surface area contributed by atoms with Crippen molar-refractivity contribution in [3.8, 4) is 0 Å². The summed E-state index contributed by atoms with van der Waals surface area (Å²) >= 11 is 0. The topological polar surface area (TPSA) is 79.5 Å². The average molecular weight is 284 g/mol. The summed E-state index contributed by atoms with van der Waals surface area (Å²) in [5.74, 6) is 0. The molecule has 1 atom stereocenters. The molecule has 1 saturated heterocycles. The van der Waals surface area contributed by atoms with Crippen LogP contribution in [0.4, 0.5) is 5.69 Å². The van der Waals surface area contributed by atoms with Gasteiger partial charge in [0.2, 0.25) is 10.0 Å². The Morgan fingerprint density at radius 2 is 2.21 bits per heavy atom.